The van der Waals surface area contributed by atoms with E-state index in [0.29, 0.717) is 17.1 Å². The summed E-state index contributed by atoms with van der Waals surface area (Å²) in [6, 6.07) is 0. The van der Waals surface area contributed by atoms with Gasteiger partial charge in [-0.05, 0) is 20.8 Å². The van der Waals surface area contributed by atoms with Gasteiger partial charge in [0.05, 0.1) is 0 Å². The van der Waals surface area contributed by atoms with E-state index in [4.69, 9.17) is 4.55 Å². The summed E-state index contributed by atoms with van der Waals surface area (Å²) in [6.45, 7) is 5.04. The molecule has 0 amide bonds. The lowest BCUT2D eigenvalue weighted by molar-refractivity contribution is 0.489. The van der Waals surface area contributed by atoms with Crippen molar-refractivity contribution < 1.29 is 13.0 Å². The van der Waals surface area contributed by atoms with E-state index in [0.717, 1.165) is 0 Å². The number of anilines is 1. The van der Waals surface area contributed by atoms with Crippen LogP contribution in [-0.4, -0.2) is 22.9 Å². The molecule has 1 rings (SSSR count). The van der Waals surface area contributed by atoms with Crippen molar-refractivity contribution in [2.45, 2.75) is 20.8 Å². The van der Waals surface area contributed by atoms with Crippen molar-refractivity contribution in [1.82, 2.24) is 9.97 Å². The lowest BCUT2D eigenvalue weighted by Crippen LogP contribution is -2.14. The van der Waals surface area contributed by atoms with E-state index in [-0.39, 0.29) is 5.82 Å². The monoisotopic (exact) mass is 217 g/mol. The minimum Gasteiger partial charge on any atom is -0.269 e. The van der Waals surface area contributed by atoms with Crippen LogP contribution in [0.25, 0.3) is 0 Å². The van der Waals surface area contributed by atoms with Gasteiger partial charge in [0.15, 0.2) is 0 Å². The van der Waals surface area contributed by atoms with E-state index < -0.39 is 10.3 Å². The molecule has 6 nitrogen and oxygen atoms in total. The van der Waals surface area contributed by atoms with Gasteiger partial charge in [0.2, 0.25) is 0 Å². The zero-order chi connectivity index (χ0) is 10.9. The third kappa shape index (κ3) is 2.64. The van der Waals surface area contributed by atoms with Gasteiger partial charge in [-0.25, -0.2) is 14.7 Å². The number of hydrogen-bond donors (Lipinski definition) is 2. The Morgan fingerprint density at radius 2 is 1.79 bits per heavy atom. The summed E-state index contributed by atoms with van der Waals surface area (Å²) in [6.07, 6.45) is 0. The van der Waals surface area contributed by atoms with Crippen molar-refractivity contribution in [3.63, 3.8) is 0 Å². The van der Waals surface area contributed by atoms with E-state index in [2.05, 4.69) is 9.97 Å². The number of rotatable bonds is 2. The van der Waals surface area contributed by atoms with Crippen LogP contribution in [0.5, 0.6) is 0 Å². The van der Waals surface area contributed by atoms with Crippen molar-refractivity contribution in [2.24, 2.45) is 0 Å². The Morgan fingerprint density at radius 3 is 2.29 bits per heavy atom. The molecule has 0 aromatic carbocycles. The highest BCUT2D eigenvalue weighted by Crippen LogP contribution is 2.15. The molecule has 0 aliphatic carbocycles. The molecule has 0 aliphatic heterocycles. The third-order valence-corrected chi connectivity index (χ3v) is 2.18. The highest BCUT2D eigenvalue weighted by molar-refractivity contribution is 7.87. The van der Waals surface area contributed by atoms with Crippen LogP contribution in [0, 0.1) is 20.8 Å². The molecule has 0 saturated carbocycles. The lowest BCUT2D eigenvalue weighted by atomic mass is 10.2. The van der Waals surface area contributed by atoms with Crippen LogP contribution < -0.4 is 4.72 Å². The summed E-state index contributed by atoms with van der Waals surface area (Å²) in [5, 5.41) is 0. The maximum absolute atomic E-state index is 10.6. The van der Waals surface area contributed by atoms with Gasteiger partial charge in [-0.3, -0.25) is 4.55 Å². The summed E-state index contributed by atoms with van der Waals surface area (Å²) in [7, 11) is -4.27. The SMILES string of the molecule is Cc1nc(C)c(C)c(NS(=O)(=O)O)n1. The third-order valence-electron chi connectivity index (χ3n) is 1.73. The molecule has 0 spiro atoms. The average molecular weight is 217 g/mol. The van der Waals surface area contributed by atoms with Crippen LogP contribution in [-0.2, 0) is 10.3 Å². The molecule has 1 heterocycles. The van der Waals surface area contributed by atoms with Crippen LogP contribution in [0.15, 0.2) is 0 Å². The van der Waals surface area contributed by atoms with Gasteiger partial charge in [0.25, 0.3) is 0 Å². The molecule has 78 valence electrons. The van der Waals surface area contributed by atoms with Crippen LogP contribution >= 0.6 is 0 Å². The largest absolute Gasteiger partial charge is 0.358 e. The first-order valence-corrected chi connectivity index (χ1v) is 5.30. The summed E-state index contributed by atoms with van der Waals surface area (Å²) < 4.78 is 31.6. The van der Waals surface area contributed by atoms with E-state index in [1.54, 1.807) is 20.8 Å². The Kier molecular flexibility index (Phi) is 2.72. The van der Waals surface area contributed by atoms with E-state index in [1.807, 2.05) is 4.72 Å². The normalized spacial score (nSPS) is 11.4. The van der Waals surface area contributed by atoms with Gasteiger partial charge >= 0.3 is 10.3 Å². The van der Waals surface area contributed by atoms with Crippen molar-refractivity contribution in [1.29, 1.82) is 0 Å². The highest BCUT2D eigenvalue weighted by Gasteiger charge is 2.10. The Bertz CT molecular complexity index is 455. The zero-order valence-corrected chi connectivity index (χ0v) is 8.88. The fraction of sp³-hybridized carbons (Fsp3) is 0.429. The molecule has 2 N–H and O–H groups in total. The predicted octanol–water partition coefficient (Wildman–Crippen LogP) is 0.617. The van der Waals surface area contributed by atoms with Gasteiger partial charge in [-0.2, -0.15) is 8.42 Å². The topological polar surface area (TPSA) is 92.2 Å². The Labute approximate surface area is 82.3 Å². The molecule has 0 bridgehead atoms. The Hall–Kier alpha value is -1.21. The molecule has 0 atom stereocenters. The fourth-order valence-electron chi connectivity index (χ4n) is 0.990. The highest BCUT2D eigenvalue weighted by atomic mass is 32.2. The fourth-order valence-corrected chi connectivity index (χ4v) is 1.43. The molecule has 0 aliphatic rings. The van der Waals surface area contributed by atoms with Crippen LogP contribution in [0.3, 0.4) is 0 Å². The second-order valence-corrected chi connectivity index (χ2v) is 4.06. The molecule has 0 radical (unpaired) electrons. The minimum atomic E-state index is -4.27. The smallest absolute Gasteiger partial charge is 0.269 e. The predicted molar refractivity (Wildman–Crippen MR) is 51.4 cm³/mol. The van der Waals surface area contributed by atoms with Crippen molar-refractivity contribution in [3.8, 4) is 0 Å². The van der Waals surface area contributed by atoms with Gasteiger partial charge in [0, 0.05) is 11.3 Å². The molecule has 0 unspecified atom stereocenters. The van der Waals surface area contributed by atoms with E-state index in [9.17, 15) is 8.42 Å². The molecule has 7 heteroatoms. The molecule has 1 aromatic rings. The Balaban J connectivity index is 3.22. The maximum Gasteiger partial charge on any atom is 0.358 e. The van der Waals surface area contributed by atoms with Crippen LogP contribution in [0.2, 0.25) is 0 Å². The number of aryl methyl sites for hydroxylation is 2. The van der Waals surface area contributed by atoms with Gasteiger partial charge in [-0.1, -0.05) is 0 Å². The van der Waals surface area contributed by atoms with Gasteiger partial charge in [-0.15, -0.1) is 0 Å². The minimum absolute atomic E-state index is 0.109. The summed E-state index contributed by atoms with van der Waals surface area (Å²) in [4.78, 5) is 7.89. The summed E-state index contributed by atoms with van der Waals surface area (Å²) >= 11 is 0. The van der Waals surface area contributed by atoms with Crippen LogP contribution in [0.1, 0.15) is 17.1 Å². The van der Waals surface area contributed by atoms with Crippen molar-refractivity contribution >= 4 is 16.1 Å². The van der Waals surface area contributed by atoms with E-state index >= 15 is 0 Å². The first kappa shape index (κ1) is 10.9. The van der Waals surface area contributed by atoms with E-state index in [1.165, 1.54) is 0 Å². The average Bonchev–Trinajstić information content (AvgIpc) is 1.96. The number of nitrogens with one attached hydrogen (secondary N) is 1. The number of nitrogens with zero attached hydrogens (tertiary/aromatic N) is 2. The Morgan fingerprint density at radius 1 is 1.21 bits per heavy atom. The second kappa shape index (κ2) is 3.50. The molecule has 0 fully saturated rings. The standard InChI is InChI=1S/C7H11N3O3S/c1-4-5(2)8-6(3)9-7(4)10-14(11,12)13/h1-3H3,(H,8,9,10)(H,11,12,13). The van der Waals surface area contributed by atoms with Crippen LogP contribution in [0.4, 0.5) is 5.82 Å². The summed E-state index contributed by atoms with van der Waals surface area (Å²) in [5.41, 5.74) is 1.26. The lowest BCUT2D eigenvalue weighted by Gasteiger charge is -2.08. The van der Waals surface area contributed by atoms with Crippen molar-refractivity contribution in [2.75, 3.05) is 4.72 Å². The zero-order valence-electron chi connectivity index (χ0n) is 8.07. The first-order valence-electron chi connectivity index (χ1n) is 3.86. The number of aromatic nitrogens is 2. The summed E-state index contributed by atoms with van der Waals surface area (Å²) in [5.74, 6) is 0.553. The van der Waals surface area contributed by atoms with Crippen molar-refractivity contribution in [3.05, 3.63) is 17.1 Å². The maximum atomic E-state index is 10.6. The second-order valence-electron chi connectivity index (χ2n) is 2.91. The molecular weight excluding hydrogens is 206 g/mol. The molecule has 14 heavy (non-hydrogen) atoms. The van der Waals surface area contributed by atoms with Gasteiger partial charge in [0.1, 0.15) is 11.6 Å². The van der Waals surface area contributed by atoms with Gasteiger partial charge < -0.3 is 0 Å². The number of hydrogen-bond acceptors (Lipinski definition) is 4. The first-order chi connectivity index (χ1) is 6.29. The molecular formula is C7H11N3O3S. The quantitative estimate of drug-likeness (QED) is 0.708. The molecule has 1 aromatic heterocycles. The molecule has 0 saturated heterocycles.